The quantitative estimate of drug-likeness (QED) is 0.505. The second-order valence-corrected chi connectivity index (χ2v) is 7.36. The Morgan fingerprint density at radius 2 is 2.00 bits per heavy atom. The Kier molecular flexibility index (Phi) is 9.22. The van der Waals surface area contributed by atoms with Crippen molar-refractivity contribution < 1.29 is 14.6 Å². The van der Waals surface area contributed by atoms with Crippen LogP contribution in [0.25, 0.3) is 0 Å². The first-order chi connectivity index (χ1) is 9.66. The number of amides is 1. The first-order valence-corrected chi connectivity index (χ1v) is 8.52. The zero-order valence-corrected chi connectivity index (χ0v) is 15.4. The predicted molar refractivity (Wildman–Crippen MR) is 90.8 cm³/mol. The number of carbonyl (C=O) groups excluding carboxylic acids is 1. The number of nitrogens with one attached hydrogen (secondary N) is 1. The van der Waals surface area contributed by atoms with Gasteiger partial charge >= 0.3 is 6.09 Å². The molecule has 0 radical (unpaired) electrons. The number of ether oxygens (including phenoxy) is 1. The van der Waals surface area contributed by atoms with Gasteiger partial charge in [0, 0.05) is 4.83 Å². The molecule has 1 amide bonds. The average molecular weight is 364 g/mol. The van der Waals surface area contributed by atoms with Gasteiger partial charge in [0.05, 0.1) is 12.1 Å². The van der Waals surface area contributed by atoms with Gasteiger partial charge in [-0.05, 0) is 33.1 Å². The summed E-state index contributed by atoms with van der Waals surface area (Å²) in [6.45, 7) is 13.3. The van der Waals surface area contributed by atoms with E-state index < -0.39 is 23.8 Å². The highest BCUT2D eigenvalue weighted by molar-refractivity contribution is 9.09. The highest BCUT2D eigenvalue weighted by atomic mass is 79.9. The molecule has 4 nitrogen and oxygen atoms in total. The maximum atomic E-state index is 12.0. The third-order valence-electron chi connectivity index (χ3n) is 3.27. The van der Waals surface area contributed by atoms with Crippen molar-refractivity contribution in [3.8, 4) is 0 Å². The molecule has 0 fully saturated rings. The minimum absolute atomic E-state index is 0.0389. The van der Waals surface area contributed by atoms with Crippen LogP contribution >= 0.6 is 15.9 Å². The molecule has 0 aliphatic rings. The topological polar surface area (TPSA) is 58.6 Å². The van der Waals surface area contributed by atoms with Crippen LogP contribution < -0.4 is 5.32 Å². The Balaban J connectivity index is 4.94. The SMILES string of the molecule is C=C[C@@H](O)[C@H](NC(=O)OC(C)(C)C)[C@H](Br)C(CC)CCC. The van der Waals surface area contributed by atoms with Crippen molar-refractivity contribution in [2.24, 2.45) is 5.92 Å². The molecule has 0 aliphatic carbocycles. The molecule has 21 heavy (non-hydrogen) atoms. The number of alkyl carbamates (subject to hydrolysis) is 1. The predicted octanol–water partition coefficient (Wildman–Crippen LogP) is 4.02. The van der Waals surface area contributed by atoms with Crippen LogP contribution in [-0.4, -0.2) is 33.8 Å². The van der Waals surface area contributed by atoms with Crippen molar-refractivity contribution in [3.63, 3.8) is 0 Å². The number of alkyl halides is 1. The van der Waals surface area contributed by atoms with Crippen LogP contribution in [0.1, 0.15) is 53.9 Å². The highest BCUT2D eigenvalue weighted by Crippen LogP contribution is 2.26. The number of halogens is 1. The Labute approximate surface area is 137 Å². The van der Waals surface area contributed by atoms with Crippen LogP contribution in [0.5, 0.6) is 0 Å². The van der Waals surface area contributed by atoms with E-state index in [0.29, 0.717) is 5.92 Å². The summed E-state index contributed by atoms with van der Waals surface area (Å²) in [6.07, 6.45) is 3.15. The second kappa shape index (κ2) is 9.46. The van der Waals surface area contributed by atoms with Crippen LogP contribution in [0, 0.1) is 5.92 Å². The van der Waals surface area contributed by atoms with Crippen molar-refractivity contribution in [1.29, 1.82) is 0 Å². The van der Waals surface area contributed by atoms with Gasteiger partial charge in [0.2, 0.25) is 0 Å². The molecule has 2 N–H and O–H groups in total. The van der Waals surface area contributed by atoms with Gasteiger partial charge in [0.15, 0.2) is 0 Å². The molecule has 5 heteroatoms. The van der Waals surface area contributed by atoms with Crippen LogP contribution in [0.3, 0.4) is 0 Å². The van der Waals surface area contributed by atoms with E-state index in [-0.39, 0.29) is 4.83 Å². The van der Waals surface area contributed by atoms with Gasteiger partial charge in [-0.1, -0.05) is 48.7 Å². The minimum atomic E-state index is -0.826. The van der Waals surface area contributed by atoms with Gasteiger partial charge in [-0.2, -0.15) is 0 Å². The van der Waals surface area contributed by atoms with Crippen molar-refractivity contribution in [2.45, 2.75) is 76.5 Å². The lowest BCUT2D eigenvalue weighted by molar-refractivity contribution is 0.0444. The zero-order valence-electron chi connectivity index (χ0n) is 13.9. The van der Waals surface area contributed by atoms with Crippen molar-refractivity contribution in [2.75, 3.05) is 0 Å². The van der Waals surface area contributed by atoms with E-state index in [9.17, 15) is 9.90 Å². The molecule has 1 unspecified atom stereocenters. The lowest BCUT2D eigenvalue weighted by atomic mass is 9.90. The average Bonchev–Trinajstić information content (AvgIpc) is 2.38. The van der Waals surface area contributed by atoms with Crippen LogP contribution in [0.15, 0.2) is 12.7 Å². The lowest BCUT2D eigenvalue weighted by Crippen LogP contribution is -2.51. The summed E-state index contributed by atoms with van der Waals surface area (Å²) in [6, 6.07) is -0.464. The number of hydrogen-bond acceptors (Lipinski definition) is 3. The Morgan fingerprint density at radius 1 is 1.43 bits per heavy atom. The normalized spacial score (nSPS) is 17.5. The number of rotatable bonds is 8. The standard InChI is InChI=1S/C16H30BrNO3/c1-7-10-11(8-2)13(17)14(12(19)9-3)18-15(20)21-16(4,5)6/h9,11-14,19H,3,7-8,10H2,1-2,4-6H3,(H,18,20)/t11?,12-,13-,14+/m1/s1. The molecule has 0 saturated heterocycles. The summed E-state index contributed by atoms with van der Waals surface area (Å²) in [4.78, 5) is 11.9. The minimum Gasteiger partial charge on any atom is -0.444 e. The lowest BCUT2D eigenvalue weighted by Gasteiger charge is -2.32. The van der Waals surface area contributed by atoms with Gasteiger partial charge < -0.3 is 15.2 Å². The number of carbonyl (C=O) groups is 1. The van der Waals surface area contributed by atoms with E-state index in [4.69, 9.17) is 4.74 Å². The van der Waals surface area contributed by atoms with Gasteiger partial charge in [0.1, 0.15) is 5.60 Å². The molecular formula is C16H30BrNO3. The fraction of sp³-hybridized carbons (Fsp3) is 0.812. The van der Waals surface area contributed by atoms with Crippen molar-refractivity contribution in [1.82, 2.24) is 5.32 Å². The van der Waals surface area contributed by atoms with E-state index in [0.717, 1.165) is 19.3 Å². The van der Waals surface area contributed by atoms with E-state index >= 15 is 0 Å². The molecule has 4 atom stereocenters. The van der Waals surface area contributed by atoms with E-state index in [1.807, 2.05) is 20.8 Å². The second-order valence-electron chi connectivity index (χ2n) is 6.30. The van der Waals surface area contributed by atoms with E-state index in [1.165, 1.54) is 6.08 Å². The summed E-state index contributed by atoms with van der Waals surface area (Å²) < 4.78 is 5.27. The maximum Gasteiger partial charge on any atom is 0.408 e. The fourth-order valence-corrected chi connectivity index (χ4v) is 3.28. The molecule has 0 aromatic heterocycles. The molecule has 124 valence electrons. The number of aliphatic hydroxyl groups excluding tert-OH is 1. The Morgan fingerprint density at radius 3 is 2.38 bits per heavy atom. The van der Waals surface area contributed by atoms with E-state index in [1.54, 1.807) is 0 Å². The molecule has 0 saturated carbocycles. The molecule has 0 bridgehead atoms. The summed E-state index contributed by atoms with van der Waals surface area (Å²) in [5.41, 5.74) is -0.566. The smallest absolute Gasteiger partial charge is 0.408 e. The molecular weight excluding hydrogens is 334 g/mol. The van der Waals surface area contributed by atoms with Crippen molar-refractivity contribution in [3.05, 3.63) is 12.7 Å². The number of hydrogen-bond donors (Lipinski definition) is 2. The Hall–Kier alpha value is -0.550. The van der Waals surface area contributed by atoms with Gasteiger partial charge in [0.25, 0.3) is 0 Å². The molecule has 0 heterocycles. The third-order valence-corrected chi connectivity index (χ3v) is 4.59. The number of aliphatic hydroxyl groups is 1. The molecule has 0 aromatic carbocycles. The van der Waals surface area contributed by atoms with Gasteiger partial charge in [-0.15, -0.1) is 6.58 Å². The van der Waals surface area contributed by atoms with Gasteiger partial charge in [-0.3, -0.25) is 0 Å². The maximum absolute atomic E-state index is 12.0. The molecule has 0 aliphatic heterocycles. The van der Waals surface area contributed by atoms with Gasteiger partial charge in [-0.25, -0.2) is 4.79 Å². The van der Waals surface area contributed by atoms with Crippen molar-refractivity contribution >= 4 is 22.0 Å². The first-order valence-electron chi connectivity index (χ1n) is 7.60. The summed E-state index contributed by atoms with van der Waals surface area (Å²) in [7, 11) is 0. The third kappa shape index (κ3) is 7.86. The summed E-state index contributed by atoms with van der Waals surface area (Å²) in [5.74, 6) is 0.365. The largest absolute Gasteiger partial charge is 0.444 e. The Bertz CT molecular complexity index is 328. The highest BCUT2D eigenvalue weighted by Gasteiger charge is 2.32. The van der Waals surface area contributed by atoms with Crippen LogP contribution in [-0.2, 0) is 4.74 Å². The van der Waals surface area contributed by atoms with Crippen LogP contribution in [0.4, 0.5) is 4.79 Å². The zero-order chi connectivity index (χ0) is 16.6. The fourth-order valence-electron chi connectivity index (χ4n) is 2.20. The summed E-state index contributed by atoms with van der Waals surface area (Å²) >= 11 is 3.64. The summed E-state index contributed by atoms with van der Waals surface area (Å²) in [5, 5.41) is 12.9. The first kappa shape index (κ1) is 20.5. The van der Waals surface area contributed by atoms with Crippen LogP contribution in [0.2, 0.25) is 0 Å². The molecule has 0 spiro atoms. The molecule has 0 aromatic rings. The monoisotopic (exact) mass is 363 g/mol. The molecule has 0 rings (SSSR count). The van der Waals surface area contributed by atoms with E-state index in [2.05, 4.69) is 41.7 Å².